The van der Waals surface area contributed by atoms with E-state index in [-0.39, 0.29) is 11.9 Å². The highest BCUT2D eigenvalue weighted by Gasteiger charge is 2.11. The fraction of sp³-hybridized carbons (Fsp3) is 0.850. The number of rotatable bonds is 15. The van der Waals surface area contributed by atoms with Gasteiger partial charge in [0.25, 0.3) is 0 Å². The maximum Gasteiger partial charge on any atom is 0.308 e. The van der Waals surface area contributed by atoms with Crippen molar-refractivity contribution in [1.29, 1.82) is 0 Å². The molecule has 130 valence electrons. The number of hydrogen-bond acceptors (Lipinski definition) is 2. The number of carbonyl (C=O) groups excluding carboxylic acids is 1. The van der Waals surface area contributed by atoms with Crippen molar-refractivity contribution >= 4 is 5.97 Å². The summed E-state index contributed by atoms with van der Waals surface area (Å²) in [5.41, 5.74) is 0. The van der Waals surface area contributed by atoms with Crippen molar-refractivity contribution in [2.24, 2.45) is 5.92 Å². The normalized spacial score (nSPS) is 12.7. The van der Waals surface area contributed by atoms with Crippen LogP contribution in [0, 0.1) is 5.92 Å². The molecule has 0 heterocycles. The van der Waals surface area contributed by atoms with Gasteiger partial charge in [-0.2, -0.15) is 0 Å². The third kappa shape index (κ3) is 14.2. The van der Waals surface area contributed by atoms with Crippen molar-refractivity contribution in [3.63, 3.8) is 0 Å². The lowest BCUT2D eigenvalue weighted by Gasteiger charge is -2.08. The van der Waals surface area contributed by atoms with Gasteiger partial charge in [0, 0.05) is 0 Å². The molecule has 0 N–H and O–H groups in total. The van der Waals surface area contributed by atoms with Crippen molar-refractivity contribution in [3.8, 4) is 0 Å². The fourth-order valence-corrected chi connectivity index (χ4v) is 2.66. The molecule has 1 unspecified atom stereocenters. The van der Waals surface area contributed by atoms with E-state index < -0.39 is 0 Å². The first-order valence-electron chi connectivity index (χ1n) is 9.45. The molecule has 2 nitrogen and oxygen atoms in total. The third-order valence-corrected chi connectivity index (χ3v) is 4.25. The molecular weight excluding hydrogens is 272 g/mol. The van der Waals surface area contributed by atoms with Crippen LogP contribution in [0.1, 0.15) is 97.3 Å². The van der Waals surface area contributed by atoms with Crippen LogP contribution in [0.5, 0.6) is 0 Å². The summed E-state index contributed by atoms with van der Waals surface area (Å²) in [6, 6.07) is 0. The molecule has 0 aliphatic carbocycles. The second-order valence-corrected chi connectivity index (χ2v) is 6.44. The summed E-state index contributed by atoms with van der Waals surface area (Å²) in [5, 5.41) is 0. The monoisotopic (exact) mass is 310 g/mol. The van der Waals surface area contributed by atoms with Crippen LogP contribution in [0.15, 0.2) is 12.2 Å². The van der Waals surface area contributed by atoms with E-state index in [4.69, 9.17) is 4.74 Å². The first-order chi connectivity index (χ1) is 10.7. The Hall–Kier alpha value is -0.790. The van der Waals surface area contributed by atoms with E-state index in [0.717, 1.165) is 12.8 Å². The van der Waals surface area contributed by atoms with Crippen LogP contribution >= 0.6 is 0 Å². The van der Waals surface area contributed by atoms with Crippen molar-refractivity contribution in [1.82, 2.24) is 0 Å². The summed E-state index contributed by atoms with van der Waals surface area (Å²) in [4.78, 5) is 11.2. The zero-order valence-electron chi connectivity index (χ0n) is 15.2. The molecule has 0 amide bonds. The Bertz CT molecular complexity index is 271. The number of unbranched alkanes of at least 4 members (excludes halogenated alkanes) is 10. The maximum absolute atomic E-state index is 11.2. The third-order valence-electron chi connectivity index (χ3n) is 4.25. The van der Waals surface area contributed by atoms with E-state index in [1.54, 1.807) is 0 Å². The Morgan fingerprint density at radius 3 is 1.91 bits per heavy atom. The van der Waals surface area contributed by atoms with Crippen LogP contribution in [-0.4, -0.2) is 13.1 Å². The van der Waals surface area contributed by atoms with E-state index >= 15 is 0 Å². The van der Waals surface area contributed by atoms with Gasteiger partial charge in [-0.05, 0) is 32.1 Å². The average Bonchev–Trinajstić information content (AvgIpc) is 2.54. The summed E-state index contributed by atoms with van der Waals surface area (Å²) in [6.07, 6.45) is 21.3. The highest BCUT2D eigenvalue weighted by atomic mass is 16.5. The summed E-state index contributed by atoms with van der Waals surface area (Å²) in [5.74, 6) is -0.0140. The van der Waals surface area contributed by atoms with Crippen molar-refractivity contribution in [3.05, 3.63) is 12.2 Å². The zero-order chi connectivity index (χ0) is 16.5. The van der Waals surface area contributed by atoms with Crippen LogP contribution in [0.2, 0.25) is 0 Å². The lowest BCUT2D eigenvalue weighted by molar-refractivity contribution is -0.145. The standard InChI is InChI=1S/C20H38O2/c1-4-5-6-7-8-9-10-11-12-13-14-15-16-17-18-19(2)20(21)22-3/h11-12,19H,4-10,13-18H2,1-3H3/b12-11+. The Morgan fingerprint density at radius 1 is 0.864 bits per heavy atom. The van der Waals surface area contributed by atoms with Gasteiger partial charge >= 0.3 is 5.97 Å². The van der Waals surface area contributed by atoms with Crippen LogP contribution in [0.3, 0.4) is 0 Å². The van der Waals surface area contributed by atoms with Crippen LogP contribution in [-0.2, 0) is 9.53 Å². The minimum atomic E-state index is -0.0716. The number of allylic oxidation sites excluding steroid dienone is 2. The minimum Gasteiger partial charge on any atom is -0.469 e. The second kappa shape index (κ2) is 16.6. The molecule has 0 saturated heterocycles. The Balaban J connectivity index is 3.22. The molecule has 0 fully saturated rings. The second-order valence-electron chi connectivity index (χ2n) is 6.44. The Morgan fingerprint density at radius 2 is 1.36 bits per heavy atom. The number of esters is 1. The van der Waals surface area contributed by atoms with Crippen molar-refractivity contribution in [2.45, 2.75) is 97.3 Å². The quantitative estimate of drug-likeness (QED) is 0.197. The van der Waals surface area contributed by atoms with Crippen LogP contribution < -0.4 is 0 Å². The van der Waals surface area contributed by atoms with Gasteiger partial charge in [-0.1, -0.05) is 77.4 Å². The molecule has 1 atom stereocenters. The fourth-order valence-electron chi connectivity index (χ4n) is 2.66. The van der Waals surface area contributed by atoms with Crippen molar-refractivity contribution < 1.29 is 9.53 Å². The smallest absolute Gasteiger partial charge is 0.308 e. The number of hydrogen-bond donors (Lipinski definition) is 0. The molecule has 0 radical (unpaired) electrons. The van der Waals surface area contributed by atoms with Crippen LogP contribution in [0.25, 0.3) is 0 Å². The van der Waals surface area contributed by atoms with E-state index in [1.807, 2.05) is 6.92 Å². The lowest BCUT2D eigenvalue weighted by atomic mass is 10.0. The predicted molar refractivity (Wildman–Crippen MR) is 96.0 cm³/mol. The SMILES string of the molecule is CCCCCCCC/C=C/CCCCCCC(C)C(=O)OC. The molecule has 0 aromatic rings. The molecule has 0 spiro atoms. The molecule has 22 heavy (non-hydrogen) atoms. The predicted octanol–water partition coefficient (Wildman–Crippen LogP) is 6.44. The largest absolute Gasteiger partial charge is 0.469 e. The molecule has 0 bridgehead atoms. The van der Waals surface area contributed by atoms with E-state index in [2.05, 4.69) is 19.1 Å². The molecular formula is C20H38O2. The van der Waals surface area contributed by atoms with Gasteiger partial charge in [0.1, 0.15) is 0 Å². The van der Waals surface area contributed by atoms with Gasteiger partial charge in [0.2, 0.25) is 0 Å². The number of ether oxygens (including phenoxy) is 1. The molecule has 0 saturated carbocycles. The van der Waals surface area contributed by atoms with E-state index in [1.165, 1.54) is 77.7 Å². The molecule has 0 aliphatic rings. The Kier molecular flexibility index (Phi) is 16.0. The molecule has 0 aliphatic heterocycles. The summed E-state index contributed by atoms with van der Waals surface area (Å²) in [6.45, 7) is 4.22. The highest BCUT2D eigenvalue weighted by molar-refractivity contribution is 5.71. The first-order valence-corrected chi connectivity index (χ1v) is 9.45. The summed E-state index contributed by atoms with van der Waals surface area (Å²) >= 11 is 0. The van der Waals surface area contributed by atoms with Gasteiger partial charge in [-0.3, -0.25) is 4.79 Å². The van der Waals surface area contributed by atoms with Gasteiger partial charge in [0.05, 0.1) is 13.0 Å². The lowest BCUT2D eigenvalue weighted by Crippen LogP contribution is -2.12. The Labute approximate surface area is 138 Å². The summed E-state index contributed by atoms with van der Waals surface area (Å²) < 4.78 is 4.73. The van der Waals surface area contributed by atoms with Gasteiger partial charge in [-0.25, -0.2) is 0 Å². The molecule has 0 aromatic heterocycles. The van der Waals surface area contributed by atoms with Gasteiger partial charge < -0.3 is 4.74 Å². The van der Waals surface area contributed by atoms with Gasteiger partial charge in [0.15, 0.2) is 0 Å². The van der Waals surface area contributed by atoms with Gasteiger partial charge in [-0.15, -0.1) is 0 Å². The van der Waals surface area contributed by atoms with Crippen LogP contribution in [0.4, 0.5) is 0 Å². The van der Waals surface area contributed by atoms with E-state index in [9.17, 15) is 4.79 Å². The maximum atomic E-state index is 11.2. The minimum absolute atomic E-state index is 0.0576. The van der Waals surface area contributed by atoms with Crippen molar-refractivity contribution in [2.75, 3.05) is 7.11 Å². The molecule has 0 aromatic carbocycles. The summed E-state index contributed by atoms with van der Waals surface area (Å²) in [7, 11) is 1.47. The molecule has 2 heteroatoms. The van der Waals surface area contributed by atoms with E-state index in [0.29, 0.717) is 0 Å². The number of methoxy groups -OCH3 is 1. The molecule has 0 rings (SSSR count). The zero-order valence-corrected chi connectivity index (χ0v) is 15.2. The topological polar surface area (TPSA) is 26.3 Å². The average molecular weight is 311 g/mol. The highest BCUT2D eigenvalue weighted by Crippen LogP contribution is 2.13. The number of carbonyl (C=O) groups is 1. The first kappa shape index (κ1) is 21.2.